The van der Waals surface area contributed by atoms with Crippen LogP contribution in [-0.2, 0) is 9.53 Å². The summed E-state index contributed by atoms with van der Waals surface area (Å²) in [5.74, 6) is -0.366. The highest BCUT2D eigenvalue weighted by Gasteiger charge is 2.16. The highest BCUT2D eigenvalue weighted by atomic mass is 16.5. The van der Waals surface area contributed by atoms with Gasteiger partial charge >= 0.3 is 5.97 Å². The number of rotatable bonds is 2. The normalized spacial score (nSPS) is 12.7. The van der Waals surface area contributed by atoms with Crippen molar-refractivity contribution in [2.24, 2.45) is 0 Å². The quantitative estimate of drug-likeness (QED) is 0.381. The molecule has 4 aromatic heterocycles. The molecule has 0 radical (unpaired) electrons. The van der Waals surface area contributed by atoms with Gasteiger partial charge in [0.15, 0.2) is 0 Å². The highest BCUT2D eigenvalue weighted by Crippen LogP contribution is 2.13. The molecule has 4 N–H and O–H groups in total. The van der Waals surface area contributed by atoms with Crippen LogP contribution in [0.2, 0.25) is 0 Å². The van der Waals surface area contributed by atoms with Gasteiger partial charge in [-0.2, -0.15) is 0 Å². The molecule has 0 saturated heterocycles. The summed E-state index contributed by atoms with van der Waals surface area (Å²) in [6, 6.07) is 15.8. The Labute approximate surface area is 166 Å². The van der Waals surface area contributed by atoms with E-state index in [1.54, 1.807) is 6.92 Å². The number of aromatic nitrogens is 4. The smallest absolute Gasteiger partial charge is 0.342 e. The van der Waals surface area contributed by atoms with Gasteiger partial charge < -0.3 is 24.7 Å². The molecule has 5 heterocycles. The van der Waals surface area contributed by atoms with Crippen LogP contribution in [0.3, 0.4) is 0 Å². The molecular weight excluding hydrogens is 364 g/mol. The number of ether oxygens (including phenoxy) is 1. The standard InChI is InChI=1S/C23H20N4O2/c1-2-29-23(28)22-20-9-7-18(26-20)12-16-5-3-14(24-16)11-15-4-6-17(25-15)13-19-8-10-21(22)27-19/h3-13,24-27H,2H2,1H3. The Morgan fingerprint density at radius 1 is 0.724 bits per heavy atom. The Bertz CT molecular complexity index is 1440. The lowest BCUT2D eigenvalue weighted by Gasteiger charge is -2.04. The first-order chi connectivity index (χ1) is 14.2. The van der Waals surface area contributed by atoms with E-state index in [0.717, 1.165) is 33.1 Å². The van der Waals surface area contributed by atoms with Crippen molar-refractivity contribution in [1.82, 2.24) is 19.9 Å². The van der Waals surface area contributed by atoms with E-state index in [4.69, 9.17) is 4.74 Å². The van der Waals surface area contributed by atoms with E-state index >= 15 is 0 Å². The zero-order valence-corrected chi connectivity index (χ0v) is 15.9. The maximum absolute atomic E-state index is 12.7. The number of hydrogen-bond donors (Lipinski definition) is 4. The summed E-state index contributed by atoms with van der Waals surface area (Å²) in [7, 11) is 0. The number of hydrogen-bond acceptors (Lipinski definition) is 2. The van der Waals surface area contributed by atoms with Crippen LogP contribution >= 0.6 is 0 Å². The largest absolute Gasteiger partial charge is 0.462 e. The molecule has 6 heteroatoms. The summed E-state index contributed by atoms with van der Waals surface area (Å²) in [4.78, 5) is 26.1. The van der Waals surface area contributed by atoms with Crippen LogP contribution in [0.5, 0.6) is 0 Å². The van der Waals surface area contributed by atoms with Gasteiger partial charge in [0.1, 0.15) is 5.57 Å². The van der Waals surface area contributed by atoms with Crippen molar-refractivity contribution in [2.75, 3.05) is 6.61 Å². The average Bonchev–Trinajstić information content (AvgIpc) is 3.47. The molecule has 0 unspecified atom stereocenters. The summed E-state index contributed by atoms with van der Waals surface area (Å²) >= 11 is 0. The van der Waals surface area contributed by atoms with E-state index in [2.05, 4.69) is 26.0 Å². The van der Waals surface area contributed by atoms with Crippen molar-refractivity contribution < 1.29 is 9.53 Å². The van der Waals surface area contributed by atoms with Crippen LogP contribution in [0, 0.1) is 0 Å². The number of carbonyl (C=O) groups excluding carboxylic acids is 1. The maximum Gasteiger partial charge on any atom is 0.342 e. The molecule has 0 atom stereocenters. The summed E-state index contributed by atoms with van der Waals surface area (Å²) in [5.41, 5.74) is 4.05. The topological polar surface area (TPSA) is 89.5 Å². The second-order valence-electron chi connectivity index (χ2n) is 6.92. The van der Waals surface area contributed by atoms with Crippen molar-refractivity contribution in [3.63, 3.8) is 0 Å². The number of carbonyl (C=O) groups is 1. The molecule has 6 nitrogen and oxygen atoms in total. The lowest BCUT2D eigenvalue weighted by molar-refractivity contribution is -0.136. The summed E-state index contributed by atoms with van der Waals surface area (Å²) in [6.45, 7) is 2.12. The lowest BCUT2D eigenvalue weighted by Crippen LogP contribution is -2.20. The van der Waals surface area contributed by atoms with E-state index in [1.165, 1.54) is 0 Å². The van der Waals surface area contributed by atoms with Crippen molar-refractivity contribution in [3.8, 4) is 0 Å². The van der Waals surface area contributed by atoms with Gasteiger partial charge in [-0.25, -0.2) is 4.79 Å². The molecule has 0 spiro atoms. The van der Waals surface area contributed by atoms with Gasteiger partial charge in [-0.05, 0) is 73.7 Å². The molecule has 0 saturated carbocycles. The second kappa shape index (κ2) is 6.91. The first kappa shape index (κ1) is 17.2. The number of H-pyrrole nitrogens is 4. The number of esters is 1. The third kappa shape index (κ3) is 3.36. The van der Waals surface area contributed by atoms with Crippen LogP contribution in [0.15, 0.2) is 48.5 Å². The molecular formula is C23H20N4O2. The first-order valence-electron chi connectivity index (χ1n) is 9.53. The Morgan fingerprint density at radius 3 is 2.00 bits per heavy atom. The average molecular weight is 384 g/mol. The highest BCUT2D eigenvalue weighted by molar-refractivity contribution is 6.15. The Morgan fingerprint density at radius 2 is 1.31 bits per heavy atom. The van der Waals surface area contributed by atoms with Crippen LogP contribution in [0.25, 0.3) is 23.8 Å². The second-order valence-corrected chi connectivity index (χ2v) is 6.92. The number of aromatic amines is 4. The zero-order chi connectivity index (χ0) is 19.8. The molecule has 1 aliphatic heterocycles. The van der Waals surface area contributed by atoms with E-state index in [9.17, 15) is 4.79 Å². The molecule has 0 fully saturated rings. The van der Waals surface area contributed by atoms with Gasteiger partial charge in [-0.15, -0.1) is 0 Å². The van der Waals surface area contributed by atoms with Crippen LogP contribution in [-0.4, -0.2) is 32.5 Å². The molecule has 4 aromatic rings. The molecule has 1 aliphatic rings. The predicted octanol–water partition coefficient (Wildman–Crippen LogP) is 0.561. The van der Waals surface area contributed by atoms with Crippen LogP contribution < -0.4 is 21.4 Å². The van der Waals surface area contributed by atoms with E-state index in [1.807, 2.05) is 60.7 Å². The SMILES string of the molecule is CCOC(=O)C1=c2ccc([nH]2)=Cc2ccc([nH]2)C=c2ccc([nH]2)=Cc2ccc1[nH]2. The third-order valence-electron chi connectivity index (χ3n) is 4.83. The minimum Gasteiger partial charge on any atom is -0.462 e. The predicted molar refractivity (Wildman–Crippen MR) is 112 cm³/mol. The molecule has 144 valence electrons. The van der Waals surface area contributed by atoms with Gasteiger partial charge in [-0.1, -0.05) is 0 Å². The third-order valence-corrected chi connectivity index (χ3v) is 4.83. The fourth-order valence-corrected chi connectivity index (χ4v) is 3.55. The van der Waals surface area contributed by atoms with Gasteiger partial charge in [0.25, 0.3) is 0 Å². The Balaban J connectivity index is 1.80. The Kier molecular flexibility index (Phi) is 4.09. The monoisotopic (exact) mass is 384 g/mol. The zero-order valence-electron chi connectivity index (χ0n) is 15.9. The van der Waals surface area contributed by atoms with E-state index in [-0.39, 0.29) is 5.97 Å². The van der Waals surface area contributed by atoms with Crippen molar-refractivity contribution in [2.45, 2.75) is 6.92 Å². The number of fused-ring (bicyclic) bond motifs is 8. The molecule has 5 rings (SSSR count). The van der Waals surface area contributed by atoms with Gasteiger partial charge in [0.05, 0.1) is 17.6 Å². The van der Waals surface area contributed by atoms with Crippen LogP contribution in [0.4, 0.5) is 0 Å². The van der Waals surface area contributed by atoms with E-state index < -0.39 is 0 Å². The minimum atomic E-state index is -0.366. The van der Waals surface area contributed by atoms with Crippen molar-refractivity contribution >= 4 is 29.8 Å². The van der Waals surface area contributed by atoms with Gasteiger partial charge in [0.2, 0.25) is 0 Å². The summed E-state index contributed by atoms with van der Waals surface area (Å²) in [6.07, 6.45) is 6.07. The molecule has 0 aromatic carbocycles. The summed E-state index contributed by atoms with van der Waals surface area (Å²) < 4.78 is 5.31. The molecule has 0 aliphatic carbocycles. The van der Waals surface area contributed by atoms with Crippen LogP contribution in [0.1, 0.15) is 29.7 Å². The number of nitrogens with one attached hydrogen (secondary N) is 4. The van der Waals surface area contributed by atoms with Crippen molar-refractivity contribution in [3.05, 3.63) is 92.7 Å². The maximum atomic E-state index is 12.7. The first-order valence-corrected chi connectivity index (χ1v) is 9.53. The Hall–Kier alpha value is -3.93. The fraction of sp³-hybridized carbons (Fsp3) is 0.0870. The lowest BCUT2D eigenvalue weighted by atomic mass is 10.2. The summed E-state index contributed by atoms with van der Waals surface area (Å²) in [5, 5.41) is 3.57. The molecule has 8 bridgehead atoms. The van der Waals surface area contributed by atoms with Gasteiger partial charge in [0, 0.05) is 33.1 Å². The minimum absolute atomic E-state index is 0.314. The van der Waals surface area contributed by atoms with E-state index in [0.29, 0.717) is 23.2 Å². The molecule has 29 heavy (non-hydrogen) atoms. The fourth-order valence-electron chi connectivity index (χ4n) is 3.55. The van der Waals surface area contributed by atoms with Crippen molar-refractivity contribution in [1.29, 1.82) is 0 Å². The van der Waals surface area contributed by atoms with Gasteiger partial charge in [-0.3, -0.25) is 0 Å². The molecule has 0 amide bonds.